The fourth-order valence-corrected chi connectivity index (χ4v) is 0.818. The van der Waals surface area contributed by atoms with E-state index < -0.39 is 11.9 Å². The molecule has 0 aliphatic heterocycles. The molecule has 0 fully saturated rings. The van der Waals surface area contributed by atoms with Gasteiger partial charge in [0.25, 0.3) is 5.92 Å². The average molecular weight is 184 g/mol. The highest BCUT2D eigenvalue weighted by Crippen LogP contribution is 2.21. The molecule has 0 aliphatic carbocycles. The minimum Gasteiger partial charge on any atom is -0.544 e. The van der Waals surface area contributed by atoms with Crippen LogP contribution in [-0.2, 0) is 4.79 Å². The van der Waals surface area contributed by atoms with E-state index in [1.54, 1.807) is 6.07 Å². The standard InChI is InChI=1S/C9H7F2O2/c10-9(11,8(12)13)6-7-4-2-1-3-5-7/h1-6H,(H,12,13)/p-1. The molecule has 0 saturated carbocycles. The normalized spacial score (nSPS) is 11.2. The van der Waals surface area contributed by atoms with Gasteiger partial charge >= 0.3 is 0 Å². The molecule has 1 radical (unpaired) electrons. The van der Waals surface area contributed by atoms with Crippen molar-refractivity contribution in [3.8, 4) is 0 Å². The van der Waals surface area contributed by atoms with Crippen LogP contribution in [0.3, 0.4) is 0 Å². The molecule has 69 valence electrons. The van der Waals surface area contributed by atoms with Gasteiger partial charge in [-0.25, -0.2) is 0 Å². The van der Waals surface area contributed by atoms with E-state index in [1.165, 1.54) is 24.3 Å². The molecule has 1 aromatic carbocycles. The van der Waals surface area contributed by atoms with Crippen LogP contribution in [-0.4, -0.2) is 11.9 Å². The SMILES string of the molecule is O=C([O-])C(F)(F)[CH]c1ccccc1. The number of benzene rings is 1. The Morgan fingerprint density at radius 3 is 2.31 bits per heavy atom. The monoisotopic (exact) mass is 184 g/mol. The molecule has 0 aromatic heterocycles. The molecule has 13 heavy (non-hydrogen) atoms. The molecule has 0 atom stereocenters. The second-order valence-electron chi connectivity index (χ2n) is 2.47. The fourth-order valence-electron chi connectivity index (χ4n) is 0.818. The van der Waals surface area contributed by atoms with Crippen LogP contribution in [0.4, 0.5) is 8.78 Å². The van der Waals surface area contributed by atoms with Crippen molar-refractivity contribution in [2.45, 2.75) is 5.92 Å². The Balaban J connectivity index is 2.75. The van der Waals surface area contributed by atoms with Gasteiger partial charge in [-0.15, -0.1) is 0 Å². The Hall–Kier alpha value is -1.45. The average Bonchev–Trinajstić information content (AvgIpc) is 2.05. The number of hydrogen-bond donors (Lipinski definition) is 0. The number of carboxylic acids is 1. The highest BCUT2D eigenvalue weighted by Gasteiger charge is 2.31. The minimum absolute atomic E-state index is 0.150. The molecule has 0 aliphatic rings. The van der Waals surface area contributed by atoms with Crippen molar-refractivity contribution < 1.29 is 18.7 Å². The van der Waals surface area contributed by atoms with Crippen LogP contribution in [0.25, 0.3) is 0 Å². The number of carbonyl (C=O) groups is 1. The highest BCUT2D eigenvalue weighted by atomic mass is 19.3. The summed E-state index contributed by atoms with van der Waals surface area (Å²) in [6.07, 6.45) is 0.350. The first-order chi connectivity index (χ1) is 6.02. The Morgan fingerprint density at radius 1 is 1.31 bits per heavy atom. The minimum atomic E-state index is -3.92. The summed E-state index contributed by atoms with van der Waals surface area (Å²) in [6, 6.07) is 7.50. The van der Waals surface area contributed by atoms with Crippen LogP contribution in [0, 0.1) is 6.42 Å². The molecule has 1 aromatic rings. The molecule has 0 N–H and O–H groups in total. The van der Waals surface area contributed by atoms with Gasteiger partial charge in [-0.1, -0.05) is 30.3 Å². The summed E-state index contributed by atoms with van der Waals surface area (Å²) in [5, 5.41) is 9.93. The molecule has 2 nitrogen and oxygen atoms in total. The van der Waals surface area contributed by atoms with Gasteiger partial charge in [-0.3, -0.25) is 0 Å². The van der Waals surface area contributed by atoms with Gasteiger partial charge in [0.2, 0.25) is 0 Å². The van der Waals surface area contributed by atoms with Gasteiger partial charge in [0.15, 0.2) is 0 Å². The van der Waals surface area contributed by atoms with E-state index in [-0.39, 0.29) is 5.56 Å². The maximum absolute atomic E-state index is 12.5. The summed E-state index contributed by atoms with van der Waals surface area (Å²) in [5.74, 6) is -6.31. The van der Waals surface area contributed by atoms with E-state index in [2.05, 4.69) is 0 Å². The van der Waals surface area contributed by atoms with Crippen LogP contribution in [0.1, 0.15) is 5.56 Å². The second-order valence-corrected chi connectivity index (χ2v) is 2.47. The molecular formula is C9H6F2O2-. The molecule has 1 rings (SSSR count). The summed E-state index contributed by atoms with van der Waals surface area (Å²) in [6.45, 7) is 0. The number of hydrogen-bond acceptors (Lipinski definition) is 2. The van der Waals surface area contributed by atoms with Crippen molar-refractivity contribution in [1.82, 2.24) is 0 Å². The van der Waals surface area contributed by atoms with E-state index >= 15 is 0 Å². The van der Waals surface area contributed by atoms with Crippen molar-refractivity contribution in [2.24, 2.45) is 0 Å². The lowest BCUT2D eigenvalue weighted by Gasteiger charge is -2.16. The number of rotatable bonds is 3. The molecule has 0 amide bonds. The Kier molecular flexibility index (Phi) is 2.60. The quantitative estimate of drug-likeness (QED) is 0.691. The summed E-state index contributed by atoms with van der Waals surface area (Å²) in [7, 11) is 0. The lowest BCUT2D eigenvalue weighted by atomic mass is 10.1. The van der Waals surface area contributed by atoms with Crippen LogP contribution < -0.4 is 5.11 Å². The van der Waals surface area contributed by atoms with Crippen molar-refractivity contribution in [3.63, 3.8) is 0 Å². The van der Waals surface area contributed by atoms with Crippen molar-refractivity contribution >= 4 is 5.97 Å². The van der Waals surface area contributed by atoms with E-state index in [0.717, 1.165) is 0 Å². The zero-order valence-electron chi connectivity index (χ0n) is 6.54. The van der Waals surface area contributed by atoms with Gasteiger partial charge in [0.1, 0.15) is 5.97 Å². The fraction of sp³-hybridized carbons (Fsp3) is 0.111. The molecule has 0 spiro atoms. The predicted octanol–water partition coefficient (Wildman–Crippen LogP) is 0.624. The summed E-state index contributed by atoms with van der Waals surface area (Å²) < 4.78 is 25.0. The smallest absolute Gasteiger partial charge is 0.294 e. The largest absolute Gasteiger partial charge is 0.544 e. The zero-order chi connectivity index (χ0) is 9.90. The van der Waals surface area contributed by atoms with Crippen LogP contribution in [0.5, 0.6) is 0 Å². The first kappa shape index (κ1) is 9.64. The summed E-state index contributed by atoms with van der Waals surface area (Å²) in [4.78, 5) is 9.93. The second kappa shape index (κ2) is 3.51. The topological polar surface area (TPSA) is 40.1 Å². The lowest BCUT2D eigenvalue weighted by Crippen LogP contribution is -2.41. The molecular weight excluding hydrogens is 178 g/mol. The van der Waals surface area contributed by atoms with Gasteiger partial charge in [-0.05, 0) is 5.56 Å². The highest BCUT2D eigenvalue weighted by molar-refractivity contribution is 5.76. The van der Waals surface area contributed by atoms with E-state index in [1.807, 2.05) is 0 Å². The molecule has 4 heteroatoms. The molecule has 0 bridgehead atoms. The van der Waals surface area contributed by atoms with Crippen LogP contribution in [0.15, 0.2) is 30.3 Å². The predicted molar refractivity (Wildman–Crippen MR) is 39.8 cm³/mol. The molecule has 0 heterocycles. The number of aliphatic carboxylic acids is 1. The number of carbonyl (C=O) groups excluding carboxylic acids is 1. The van der Waals surface area contributed by atoms with Gasteiger partial charge < -0.3 is 9.90 Å². The van der Waals surface area contributed by atoms with Crippen LogP contribution >= 0.6 is 0 Å². The van der Waals surface area contributed by atoms with Crippen molar-refractivity contribution in [2.75, 3.05) is 0 Å². The number of halogens is 2. The van der Waals surface area contributed by atoms with Crippen LogP contribution in [0.2, 0.25) is 0 Å². The molecule has 0 unspecified atom stereocenters. The first-order valence-corrected chi connectivity index (χ1v) is 3.52. The summed E-state index contributed by atoms with van der Waals surface area (Å²) >= 11 is 0. The number of carboxylic acid groups (broad SMARTS) is 1. The maximum atomic E-state index is 12.5. The van der Waals surface area contributed by atoms with Crippen molar-refractivity contribution in [3.05, 3.63) is 42.3 Å². The van der Waals surface area contributed by atoms with Crippen molar-refractivity contribution in [1.29, 1.82) is 0 Å². The summed E-state index contributed by atoms with van der Waals surface area (Å²) in [5.41, 5.74) is 0.150. The zero-order valence-corrected chi connectivity index (χ0v) is 6.54. The third kappa shape index (κ3) is 2.50. The third-order valence-corrected chi connectivity index (χ3v) is 1.42. The van der Waals surface area contributed by atoms with E-state index in [9.17, 15) is 18.7 Å². The van der Waals surface area contributed by atoms with E-state index in [0.29, 0.717) is 6.42 Å². The van der Waals surface area contributed by atoms with E-state index in [4.69, 9.17) is 0 Å². The van der Waals surface area contributed by atoms with Gasteiger partial charge in [-0.2, -0.15) is 8.78 Å². The van der Waals surface area contributed by atoms with Gasteiger partial charge in [0, 0.05) is 0 Å². The Bertz CT molecular complexity index is 296. The lowest BCUT2D eigenvalue weighted by molar-refractivity contribution is -0.326. The molecule has 0 saturated heterocycles. The Morgan fingerprint density at radius 2 is 1.85 bits per heavy atom. The maximum Gasteiger partial charge on any atom is 0.294 e. The first-order valence-electron chi connectivity index (χ1n) is 3.52. The Labute approximate surface area is 73.8 Å². The van der Waals surface area contributed by atoms with Gasteiger partial charge in [0.05, 0.1) is 6.42 Å². The number of alkyl halides is 2. The third-order valence-electron chi connectivity index (χ3n) is 1.42.